The molecule has 1 aliphatic heterocycles. The van der Waals surface area contributed by atoms with Crippen LogP contribution >= 0.6 is 0 Å². The molecule has 3 aromatic rings. The molecule has 1 aromatic carbocycles. The third kappa shape index (κ3) is 5.31. The second-order valence-electron chi connectivity index (χ2n) is 8.48. The molecule has 0 bridgehead atoms. The first-order valence-electron chi connectivity index (χ1n) is 11.0. The van der Waals surface area contributed by atoms with Crippen LogP contribution in [0.1, 0.15) is 50.5 Å². The van der Waals surface area contributed by atoms with Crippen molar-refractivity contribution in [1.29, 1.82) is 0 Å². The first-order valence-corrected chi connectivity index (χ1v) is 11.0. The van der Waals surface area contributed by atoms with E-state index in [0.29, 0.717) is 12.2 Å². The number of carbonyl (C=O) groups excluding carboxylic acids is 2. The standard InChI is InChI=1S/C24H28N4O4/c1-16(2)12-22(29)27-24-20-10-9-19(28(20)26-15-25-24)21-11-8-18(32-21)14-31-23(30)13-17-6-4-3-5-7-17/h3-7,9-10,15-16,18,21H,8,11-14H2,1-2H3,(H,25,26,27,29). The summed E-state index contributed by atoms with van der Waals surface area (Å²) in [7, 11) is 0. The van der Waals surface area contributed by atoms with Gasteiger partial charge in [-0.25, -0.2) is 9.50 Å². The molecular weight excluding hydrogens is 408 g/mol. The van der Waals surface area contributed by atoms with Crippen LogP contribution < -0.4 is 5.32 Å². The van der Waals surface area contributed by atoms with Gasteiger partial charge in [0.2, 0.25) is 5.91 Å². The molecule has 2 atom stereocenters. The van der Waals surface area contributed by atoms with Crippen LogP contribution in [-0.4, -0.2) is 39.2 Å². The molecule has 168 valence electrons. The largest absolute Gasteiger partial charge is 0.463 e. The predicted octanol–water partition coefficient (Wildman–Crippen LogP) is 3.72. The number of amides is 1. The lowest BCUT2D eigenvalue weighted by Gasteiger charge is -2.14. The van der Waals surface area contributed by atoms with Gasteiger partial charge in [0, 0.05) is 6.42 Å². The Bertz CT molecular complexity index is 1080. The van der Waals surface area contributed by atoms with E-state index >= 15 is 0 Å². The third-order valence-electron chi connectivity index (χ3n) is 5.39. The van der Waals surface area contributed by atoms with Gasteiger partial charge in [0.05, 0.1) is 18.2 Å². The van der Waals surface area contributed by atoms with Crippen LogP contribution in [0.4, 0.5) is 5.82 Å². The molecule has 3 heterocycles. The summed E-state index contributed by atoms with van der Waals surface area (Å²) >= 11 is 0. The molecule has 2 unspecified atom stereocenters. The monoisotopic (exact) mass is 436 g/mol. The summed E-state index contributed by atoms with van der Waals surface area (Å²) in [6.07, 6.45) is 3.38. The first kappa shape index (κ1) is 22.0. The van der Waals surface area contributed by atoms with Crippen LogP contribution in [0.3, 0.4) is 0 Å². The van der Waals surface area contributed by atoms with Gasteiger partial charge in [0.1, 0.15) is 24.6 Å². The fourth-order valence-corrected chi connectivity index (χ4v) is 3.89. The van der Waals surface area contributed by atoms with Crippen molar-refractivity contribution in [1.82, 2.24) is 14.6 Å². The zero-order valence-corrected chi connectivity index (χ0v) is 18.4. The van der Waals surface area contributed by atoms with E-state index in [1.54, 1.807) is 4.52 Å². The summed E-state index contributed by atoms with van der Waals surface area (Å²) in [5.74, 6) is 0.422. The Morgan fingerprint density at radius 3 is 2.78 bits per heavy atom. The molecule has 8 nitrogen and oxygen atoms in total. The van der Waals surface area contributed by atoms with Gasteiger partial charge in [-0.05, 0) is 36.5 Å². The van der Waals surface area contributed by atoms with Crippen LogP contribution in [0.5, 0.6) is 0 Å². The third-order valence-corrected chi connectivity index (χ3v) is 5.39. The lowest BCUT2D eigenvalue weighted by atomic mass is 10.1. The number of nitrogens with one attached hydrogen (secondary N) is 1. The molecule has 0 radical (unpaired) electrons. The molecule has 2 aromatic heterocycles. The second kappa shape index (κ2) is 9.91. The summed E-state index contributed by atoms with van der Waals surface area (Å²) in [6.45, 7) is 4.23. The summed E-state index contributed by atoms with van der Waals surface area (Å²) in [5.41, 5.74) is 2.54. The van der Waals surface area contributed by atoms with Gasteiger partial charge in [-0.15, -0.1) is 0 Å². The van der Waals surface area contributed by atoms with Gasteiger partial charge >= 0.3 is 5.97 Å². The molecule has 0 saturated carbocycles. The molecule has 32 heavy (non-hydrogen) atoms. The topological polar surface area (TPSA) is 94.8 Å². The number of anilines is 1. The Balaban J connectivity index is 1.35. The Labute approximate surface area is 186 Å². The smallest absolute Gasteiger partial charge is 0.310 e. The van der Waals surface area contributed by atoms with E-state index in [1.807, 2.05) is 56.3 Å². The van der Waals surface area contributed by atoms with Crippen molar-refractivity contribution in [2.45, 2.75) is 51.7 Å². The predicted molar refractivity (Wildman–Crippen MR) is 119 cm³/mol. The number of carbonyl (C=O) groups is 2. The summed E-state index contributed by atoms with van der Waals surface area (Å²) in [6, 6.07) is 13.4. The van der Waals surface area contributed by atoms with Crippen molar-refractivity contribution in [3.05, 3.63) is 60.0 Å². The number of ether oxygens (including phenoxy) is 2. The molecule has 1 N–H and O–H groups in total. The minimum Gasteiger partial charge on any atom is -0.463 e. The molecule has 1 fully saturated rings. The number of esters is 1. The van der Waals surface area contributed by atoms with E-state index in [0.717, 1.165) is 29.6 Å². The quantitative estimate of drug-likeness (QED) is 0.541. The zero-order valence-electron chi connectivity index (χ0n) is 18.4. The molecule has 8 heteroatoms. The number of fused-ring (bicyclic) bond motifs is 1. The maximum atomic E-state index is 12.2. The van der Waals surface area contributed by atoms with Crippen LogP contribution in [-0.2, 0) is 25.5 Å². The van der Waals surface area contributed by atoms with Crippen molar-refractivity contribution >= 4 is 23.2 Å². The van der Waals surface area contributed by atoms with Crippen molar-refractivity contribution in [3.8, 4) is 0 Å². The van der Waals surface area contributed by atoms with Crippen LogP contribution in [0.15, 0.2) is 48.8 Å². The second-order valence-corrected chi connectivity index (χ2v) is 8.48. The average Bonchev–Trinajstić information content (AvgIpc) is 3.40. The highest BCUT2D eigenvalue weighted by Crippen LogP contribution is 2.34. The number of benzene rings is 1. The number of hydrogen-bond acceptors (Lipinski definition) is 6. The van der Waals surface area contributed by atoms with E-state index in [1.165, 1.54) is 6.33 Å². The number of hydrogen-bond donors (Lipinski definition) is 1. The lowest BCUT2D eigenvalue weighted by Crippen LogP contribution is -2.19. The highest BCUT2D eigenvalue weighted by atomic mass is 16.6. The van der Waals surface area contributed by atoms with Crippen molar-refractivity contribution in [2.24, 2.45) is 5.92 Å². The van der Waals surface area contributed by atoms with Crippen molar-refractivity contribution in [2.75, 3.05) is 11.9 Å². The van der Waals surface area contributed by atoms with Crippen LogP contribution in [0, 0.1) is 5.92 Å². The average molecular weight is 437 g/mol. The minimum absolute atomic E-state index is 0.0714. The van der Waals surface area contributed by atoms with E-state index in [9.17, 15) is 9.59 Å². The minimum atomic E-state index is -0.258. The van der Waals surface area contributed by atoms with Crippen LogP contribution in [0.25, 0.3) is 5.52 Å². The highest BCUT2D eigenvalue weighted by Gasteiger charge is 2.30. The summed E-state index contributed by atoms with van der Waals surface area (Å²) < 4.78 is 13.3. The normalized spacial score (nSPS) is 18.2. The van der Waals surface area contributed by atoms with Gasteiger partial charge < -0.3 is 14.8 Å². The Morgan fingerprint density at radius 2 is 2.00 bits per heavy atom. The Hall–Kier alpha value is -3.26. The van der Waals surface area contributed by atoms with Crippen LogP contribution in [0.2, 0.25) is 0 Å². The molecule has 1 aliphatic rings. The molecule has 1 amide bonds. The first-order chi connectivity index (χ1) is 15.5. The summed E-state index contributed by atoms with van der Waals surface area (Å²) in [4.78, 5) is 28.5. The number of nitrogens with zero attached hydrogens (tertiary/aromatic N) is 3. The van der Waals surface area contributed by atoms with E-state index in [4.69, 9.17) is 9.47 Å². The SMILES string of the molecule is CC(C)CC(=O)Nc1ncnn2c(C3CCC(COC(=O)Cc4ccccc4)O3)ccc12. The molecule has 4 rings (SSSR count). The number of aromatic nitrogens is 3. The highest BCUT2D eigenvalue weighted by molar-refractivity contribution is 5.93. The van der Waals surface area contributed by atoms with Gasteiger partial charge in [-0.2, -0.15) is 5.10 Å². The van der Waals surface area contributed by atoms with Crippen molar-refractivity contribution in [3.63, 3.8) is 0 Å². The van der Waals surface area contributed by atoms with Gasteiger partial charge in [0.25, 0.3) is 0 Å². The van der Waals surface area contributed by atoms with E-state index in [2.05, 4.69) is 15.4 Å². The van der Waals surface area contributed by atoms with Gasteiger partial charge in [-0.3, -0.25) is 9.59 Å². The van der Waals surface area contributed by atoms with Gasteiger partial charge in [0.15, 0.2) is 5.82 Å². The van der Waals surface area contributed by atoms with E-state index in [-0.39, 0.29) is 43.0 Å². The Morgan fingerprint density at radius 1 is 1.19 bits per heavy atom. The van der Waals surface area contributed by atoms with E-state index < -0.39 is 0 Å². The van der Waals surface area contributed by atoms with Crippen molar-refractivity contribution < 1.29 is 19.1 Å². The maximum Gasteiger partial charge on any atom is 0.310 e. The maximum absolute atomic E-state index is 12.2. The molecule has 1 saturated heterocycles. The number of rotatable bonds is 8. The summed E-state index contributed by atoms with van der Waals surface area (Å²) in [5, 5.41) is 7.22. The molecule has 0 aliphatic carbocycles. The molecular formula is C24H28N4O4. The fourth-order valence-electron chi connectivity index (χ4n) is 3.89. The zero-order chi connectivity index (χ0) is 22.5. The molecule has 0 spiro atoms. The lowest BCUT2D eigenvalue weighted by molar-refractivity contribution is -0.146. The Kier molecular flexibility index (Phi) is 6.80. The fraction of sp³-hybridized carbons (Fsp3) is 0.417. The van der Waals surface area contributed by atoms with Gasteiger partial charge in [-0.1, -0.05) is 44.2 Å².